The summed E-state index contributed by atoms with van der Waals surface area (Å²) in [5.41, 5.74) is 1.56. The molecule has 5 rings (SSSR count). The van der Waals surface area contributed by atoms with E-state index in [1.54, 1.807) is 30.7 Å². The van der Waals surface area contributed by atoms with E-state index < -0.39 is 0 Å². The van der Waals surface area contributed by atoms with Crippen molar-refractivity contribution in [2.24, 2.45) is 0 Å². The highest BCUT2D eigenvalue weighted by Crippen LogP contribution is 2.30. The van der Waals surface area contributed by atoms with Crippen molar-refractivity contribution in [3.8, 4) is 23.3 Å². The minimum absolute atomic E-state index is 0.521. The first-order chi connectivity index (χ1) is 16.2. The lowest BCUT2D eigenvalue weighted by Crippen LogP contribution is -2.09. The standard InChI is InChI=1S/C15H14ClN7OS.C7H5N/c16-10-8-18-12(19-9-10)3-7-25-22-15-21-20-13-11-2-1-4-17-14(11)24-6-5-23(13)15;8-6-7-4-2-1-3-5-7/h1-2,4,8-9H,3,5-7H2,(H,21,22);1-5H. The maximum atomic E-state index is 8.29. The van der Waals surface area contributed by atoms with E-state index in [4.69, 9.17) is 21.6 Å². The van der Waals surface area contributed by atoms with E-state index in [9.17, 15) is 0 Å². The Morgan fingerprint density at radius 2 is 1.91 bits per heavy atom. The third-order valence-electron chi connectivity index (χ3n) is 4.48. The molecule has 0 bridgehead atoms. The molecule has 33 heavy (non-hydrogen) atoms. The summed E-state index contributed by atoms with van der Waals surface area (Å²) in [5.74, 6) is 3.58. The first-order valence-corrected chi connectivity index (χ1v) is 11.4. The molecule has 9 nitrogen and oxygen atoms in total. The second kappa shape index (κ2) is 11.3. The van der Waals surface area contributed by atoms with Gasteiger partial charge in [-0.05, 0) is 36.2 Å². The Hall–Kier alpha value is -3.68. The Kier molecular flexibility index (Phi) is 7.68. The van der Waals surface area contributed by atoms with E-state index in [0.29, 0.717) is 35.6 Å². The molecule has 0 aliphatic carbocycles. The largest absolute Gasteiger partial charge is 0.475 e. The van der Waals surface area contributed by atoms with E-state index in [2.05, 4.69) is 29.9 Å². The number of pyridine rings is 1. The molecule has 0 saturated carbocycles. The molecule has 0 fully saturated rings. The molecule has 11 heteroatoms. The molecule has 1 aromatic carbocycles. The zero-order valence-corrected chi connectivity index (χ0v) is 19.0. The van der Waals surface area contributed by atoms with Crippen LogP contribution in [0, 0.1) is 11.3 Å². The van der Waals surface area contributed by atoms with Gasteiger partial charge in [0, 0.05) is 30.8 Å². The van der Waals surface area contributed by atoms with Gasteiger partial charge in [-0.1, -0.05) is 29.8 Å². The topological polar surface area (TPSA) is 114 Å². The van der Waals surface area contributed by atoms with Crippen LogP contribution in [0.1, 0.15) is 11.4 Å². The molecule has 0 amide bonds. The molecule has 0 saturated heterocycles. The molecular weight excluding hydrogens is 460 g/mol. The van der Waals surface area contributed by atoms with Crippen LogP contribution in [0.25, 0.3) is 11.4 Å². The summed E-state index contributed by atoms with van der Waals surface area (Å²) in [6.45, 7) is 1.18. The monoisotopic (exact) mass is 478 g/mol. The van der Waals surface area contributed by atoms with E-state index >= 15 is 0 Å². The highest BCUT2D eigenvalue weighted by atomic mass is 35.5. The molecule has 0 radical (unpaired) electrons. The SMILES string of the molecule is Clc1cnc(CCSNc2nnc3n2CCOc2ncccc2-3)nc1.N#Cc1ccccc1. The van der Waals surface area contributed by atoms with Crippen molar-refractivity contribution in [1.29, 1.82) is 5.26 Å². The van der Waals surface area contributed by atoms with Crippen LogP contribution in [0.5, 0.6) is 5.88 Å². The number of nitriles is 1. The number of hydrogen-bond acceptors (Lipinski definition) is 9. The van der Waals surface area contributed by atoms with Crippen LogP contribution in [-0.4, -0.2) is 42.1 Å². The Morgan fingerprint density at radius 1 is 1.09 bits per heavy atom. The van der Waals surface area contributed by atoms with Crippen molar-refractivity contribution in [2.75, 3.05) is 17.1 Å². The van der Waals surface area contributed by atoms with Crippen molar-refractivity contribution >= 4 is 29.5 Å². The first kappa shape index (κ1) is 22.5. The summed E-state index contributed by atoms with van der Waals surface area (Å²) in [4.78, 5) is 12.6. The van der Waals surface area contributed by atoms with Crippen molar-refractivity contribution in [1.82, 2.24) is 29.7 Å². The van der Waals surface area contributed by atoms with Crippen LogP contribution >= 0.6 is 23.5 Å². The fourth-order valence-corrected chi connectivity index (χ4v) is 3.70. The van der Waals surface area contributed by atoms with E-state index in [-0.39, 0.29) is 0 Å². The molecule has 4 heterocycles. The molecule has 0 unspecified atom stereocenters. The summed E-state index contributed by atoms with van der Waals surface area (Å²) >= 11 is 7.31. The fraction of sp³-hybridized carbons (Fsp3) is 0.182. The summed E-state index contributed by atoms with van der Waals surface area (Å²) in [7, 11) is 0. The molecule has 166 valence electrons. The lowest BCUT2D eigenvalue weighted by molar-refractivity contribution is 0.296. The number of anilines is 1. The summed E-state index contributed by atoms with van der Waals surface area (Å²) < 4.78 is 10.9. The molecule has 0 atom stereocenters. The van der Waals surface area contributed by atoms with Crippen LogP contribution in [0.2, 0.25) is 5.02 Å². The number of benzene rings is 1. The molecule has 1 aliphatic rings. The highest BCUT2D eigenvalue weighted by molar-refractivity contribution is 8.00. The van der Waals surface area contributed by atoms with E-state index in [1.165, 1.54) is 11.9 Å². The molecule has 1 N–H and O–H groups in total. The van der Waals surface area contributed by atoms with Gasteiger partial charge >= 0.3 is 0 Å². The molecule has 0 spiro atoms. The summed E-state index contributed by atoms with van der Waals surface area (Å²) in [6.07, 6.45) is 5.64. The maximum absolute atomic E-state index is 8.29. The average molecular weight is 479 g/mol. The number of halogens is 1. The van der Waals surface area contributed by atoms with Crippen LogP contribution in [0.4, 0.5) is 5.95 Å². The Bertz CT molecular complexity index is 1230. The van der Waals surface area contributed by atoms with Crippen molar-refractivity contribution in [3.63, 3.8) is 0 Å². The van der Waals surface area contributed by atoms with Gasteiger partial charge in [0.1, 0.15) is 12.4 Å². The number of fused-ring (bicyclic) bond motifs is 3. The first-order valence-electron chi connectivity index (χ1n) is 10.1. The number of rotatable bonds is 5. The molecule has 4 aromatic rings. The Balaban J connectivity index is 0.000000275. The van der Waals surface area contributed by atoms with Crippen LogP contribution < -0.4 is 9.46 Å². The van der Waals surface area contributed by atoms with Gasteiger partial charge in [0.25, 0.3) is 0 Å². The van der Waals surface area contributed by atoms with Crippen molar-refractivity contribution in [3.05, 3.63) is 77.5 Å². The zero-order chi connectivity index (χ0) is 22.9. The number of hydrogen-bond donors (Lipinski definition) is 1. The van der Waals surface area contributed by atoms with Gasteiger partial charge in [-0.25, -0.2) is 15.0 Å². The quantitative estimate of drug-likeness (QED) is 0.335. The Labute approximate surface area is 200 Å². The van der Waals surface area contributed by atoms with Gasteiger partial charge in [0.15, 0.2) is 5.82 Å². The predicted octanol–water partition coefficient (Wildman–Crippen LogP) is 4.04. The van der Waals surface area contributed by atoms with Crippen molar-refractivity contribution < 1.29 is 4.74 Å². The molecule has 3 aromatic heterocycles. The number of ether oxygens (including phenoxy) is 1. The van der Waals surface area contributed by atoms with Crippen molar-refractivity contribution in [2.45, 2.75) is 13.0 Å². The molecule has 1 aliphatic heterocycles. The number of aryl methyl sites for hydroxylation is 1. The smallest absolute Gasteiger partial charge is 0.235 e. The fourth-order valence-electron chi connectivity index (χ4n) is 2.94. The van der Waals surface area contributed by atoms with Crippen LogP contribution in [0.3, 0.4) is 0 Å². The molecular formula is C22H19ClN8OS. The van der Waals surface area contributed by atoms with E-state index in [1.807, 2.05) is 41.0 Å². The van der Waals surface area contributed by atoms with E-state index in [0.717, 1.165) is 29.4 Å². The minimum Gasteiger partial charge on any atom is -0.475 e. The third-order valence-corrected chi connectivity index (χ3v) is 5.41. The summed E-state index contributed by atoms with van der Waals surface area (Å²) in [5, 5.41) is 17.4. The van der Waals surface area contributed by atoms with Gasteiger partial charge in [0.05, 0.1) is 28.8 Å². The normalized spacial score (nSPS) is 11.5. The van der Waals surface area contributed by atoms with Crippen LogP contribution in [0.15, 0.2) is 61.1 Å². The van der Waals surface area contributed by atoms with Gasteiger partial charge in [0.2, 0.25) is 11.8 Å². The average Bonchev–Trinajstić information content (AvgIpc) is 3.17. The van der Waals surface area contributed by atoms with Gasteiger partial charge in [-0.3, -0.25) is 9.29 Å². The lowest BCUT2D eigenvalue weighted by atomic mass is 10.2. The maximum Gasteiger partial charge on any atom is 0.235 e. The Morgan fingerprint density at radius 3 is 2.67 bits per heavy atom. The second-order valence-electron chi connectivity index (χ2n) is 6.70. The number of nitrogens with one attached hydrogen (secondary N) is 1. The third kappa shape index (κ3) is 5.97. The number of nitrogens with zero attached hydrogens (tertiary/aromatic N) is 7. The highest BCUT2D eigenvalue weighted by Gasteiger charge is 2.21. The lowest BCUT2D eigenvalue weighted by Gasteiger charge is -2.07. The van der Waals surface area contributed by atoms with Crippen LogP contribution in [-0.2, 0) is 13.0 Å². The van der Waals surface area contributed by atoms with Gasteiger partial charge < -0.3 is 4.74 Å². The predicted molar refractivity (Wildman–Crippen MR) is 127 cm³/mol. The zero-order valence-electron chi connectivity index (χ0n) is 17.4. The van der Waals surface area contributed by atoms with Gasteiger partial charge in [-0.15, -0.1) is 10.2 Å². The number of aromatic nitrogens is 6. The van der Waals surface area contributed by atoms with Gasteiger partial charge in [-0.2, -0.15) is 5.26 Å². The minimum atomic E-state index is 0.521. The second-order valence-corrected chi connectivity index (χ2v) is 8.04. The summed E-state index contributed by atoms with van der Waals surface area (Å²) in [6, 6.07) is 15.0.